The number of carbonyl (C=O) groups excluding carboxylic acids is 2. The van der Waals surface area contributed by atoms with Crippen molar-refractivity contribution in [3.05, 3.63) is 41.9 Å². The summed E-state index contributed by atoms with van der Waals surface area (Å²) in [4.78, 5) is 30.2. The van der Waals surface area contributed by atoms with Gasteiger partial charge in [-0.1, -0.05) is 52.6 Å². The molecule has 0 saturated heterocycles. The average Bonchev–Trinajstić information content (AvgIpc) is 3.05. The molecule has 7 nitrogen and oxygen atoms in total. The summed E-state index contributed by atoms with van der Waals surface area (Å²) >= 11 is 0. The highest BCUT2D eigenvalue weighted by atomic mass is 28.3. The number of hydrogen-bond donors (Lipinski definition) is 1. The minimum Gasteiger partial charge on any atom is -0.464 e. The van der Waals surface area contributed by atoms with Crippen molar-refractivity contribution >= 4 is 30.9 Å². The number of pyridine rings is 1. The van der Waals surface area contributed by atoms with Gasteiger partial charge in [-0.2, -0.15) is 0 Å². The first kappa shape index (κ1) is 26.8. The molecule has 0 aliphatic rings. The smallest absolute Gasteiger partial charge is 0.332 e. The number of ether oxygens (including phenoxy) is 2. The Morgan fingerprint density at radius 2 is 1.94 bits per heavy atom. The number of nitrogens with zero attached hydrogens (tertiary/aromatic N) is 2. The van der Waals surface area contributed by atoms with Crippen LogP contribution < -0.4 is 5.32 Å². The first-order valence-corrected chi connectivity index (χ1v) is 15.2. The lowest BCUT2D eigenvalue weighted by molar-refractivity contribution is -0.144. The van der Waals surface area contributed by atoms with Gasteiger partial charge in [-0.05, 0) is 37.4 Å². The molecule has 2 aromatic heterocycles. The molecule has 0 radical (unpaired) electrons. The van der Waals surface area contributed by atoms with Gasteiger partial charge in [0.1, 0.15) is 18.5 Å². The lowest BCUT2D eigenvalue weighted by Crippen LogP contribution is -2.41. The molecule has 0 aromatic carbocycles. The Balaban J connectivity index is 2.33. The Bertz CT molecular complexity index is 999. The van der Waals surface area contributed by atoms with Gasteiger partial charge in [-0.3, -0.25) is 9.78 Å². The topological polar surface area (TPSA) is 82.5 Å². The normalized spacial score (nSPS) is 13.5. The Morgan fingerprint density at radius 1 is 1.24 bits per heavy atom. The lowest BCUT2D eigenvalue weighted by atomic mass is 9.95. The maximum absolute atomic E-state index is 13.3. The molecule has 2 aromatic rings. The maximum atomic E-state index is 13.3. The van der Waals surface area contributed by atoms with Crippen molar-refractivity contribution < 1.29 is 19.1 Å². The number of nitrogens with one attached hydrogen (secondary N) is 1. The Kier molecular flexibility index (Phi) is 9.02. The summed E-state index contributed by atoms with van der Waals surface area (Å²) in [5, 5.41) is 3.68. The van der Waals surface area contributed by atoms with Gasteiger partial charge in [0.25, 0.3) is 5.91 Å². The molecule has 0 bridgehead atoms. The summed E-state index contributed by atoms with van der Waals surface area (Å²) in [6.07, 6.45) is 5.35. The van der Waals surface area contributed by atoms with Gasteiger partial charge in [0.2, 0.25) is 0 Å². The van der Waals surface area contributed by atoms with E-state index in [-0.39, 0.29) is 24.7 Å². The third kappa shape index (κ3) is 8.44. The molecule has 0 fully saturated rings. The third-order valence-electron chi connectivity index (χ3n) is 4.99. The van der Waals surface area contributed by atoms with Crippen LogP contribution in [0.25, 0.3) is 10.9 Å². The fraction of sp³-hybridized carbons (Fsp3) is 0.560. The van der Waals surface area contributed by atoms with E-state index < -0.39 is 20.1 Å². The molecule has 182 valence electrons. The summed E-state index contributed by atoms with van der Waals surface area (Å²) in [6.45, 7) is 17.8. The van der Waals surface area contributed by atoms with Crippen LogP contribution >= 0.6 is 0 Å². The standard InChI is InChI=1S/C25H39N3O4Si/c1-9-32-24(30)20(10-11-25(3,4)5)27-23(29)22-15-19-16-26-18(2)14-21(19)28(22)17-31-12-13-33(6,7)8/h10-11,14-16,20H,9,12-13,17H2,1-8H3,(H,27,29)/b11-10+. The minimum absolute atomic E-state index is 0.141. The van der Waals surface area contributed by atoms with Crippen LogP contribution in [0.2, 0.25) is 25.7 Å². The van der Waals surface area contributed by atoms with Gasteiger partial charge in [0.15, 0.2) is 0 Å². The first-order chi connectivity index (χ1) is 15.3. The highest BCUT2D eigenvalue weighted by Crippen LogP contribution is 2.21. The summed E-state index contributed by atoms with van der Waals surface area (Å²) in [7, 11) is -1.23. The molecule has 1 amide bonds. The summed E-state index contributed by atoms with van der Waals surface area (Å²) in [6, 6.07) is 3.89. The first-order valence-electron chi connectivity index (χ1n) is 11.5. The van der Waals surface area contributed by atoms with E-state index in [0.717, 1.165) is 22.6 Å². The van der Waals surface area contributed by atoms with Gasteiger partial charge in [-0.25, -0.2) is 4.79 Å². The Labute approximate surface area is 198 Å². The Morgan fingerprint density at radius 3 is 2.55 bits per heavy atom. The van der Waals surface area contributed by atoms with Crippen molar-refractivity contribution in [1.82, 2.24) is 14.9 Å². The van der Waals surface area contributed by atoms with Crippen LogP contribution in [0, 0.1) is 12.3 Å². The zero-order valence-electron chi connectivity index (χ0n) is 21.3. The van der Waals surface area contributed by atoms with Gasteiger partial charge >= 0.3 is 5.97 Å². The molecule has 0 saturated carbocycles. The number of hydrogen-bond acceptors (Lipinski definition) is 5. The molecule has 0 aliphatic carbocycles. The number of carbonyl (C=O) groups is 2. The minimum atomic E-state index is -1.23. The van der Waals surface area contributed by atoms with Gasteiger partial charge in [-0.15, -0.1) is 0 Å². The van der Waals surface area contributed by atoms with Crippen LogP contribution in [-0.4, -0.2) is 48.8 Å². The van der Waals surface area contributed by atoms with Crippen LogP contribution in [0.4, 0.5) is 0 Å². The average molecular weight is 474 g/mol. The van der Waals surface area contributed by atoms with E-state index in [1.807, 2.05) is 44.4 Å². The van der Waals surface area contributed by atoms with Crippen molar-refractivity contribution in [1.29, 1.82) is 0 Å². The van der Waals surface area contributed by atoms with E-state index in [4.69, 9.17) is 9.47 Å². The van der Waals surface area contributed by atoms with E-state index in [9.17, 15) is 9.59 Å². The predicted molar refractivity (Wildman–Crippen MR) is 135 cm³/mol. The second-order valence-electron chi connectivity index (χ2n) is 10.6. The number of rotatable bonds is 10. The van der Waals surface area contributed by atoms with E-state index >= 15 is 0 Å². The Hall–Kier alpha value is -2.45. The quantitative estimate of drug-likeness (QED) is 0.229. The molecule has 2 rings (SSSR count). The molecule has 0 spiro atoms. The highest BCUT2D eigenvalue weighted by Gasteiger charge is 2.24. The van der Waals surface area contributed by atoms with Crippen molar-refractivity contribution in [3.8, 4) is 0 Å². The largest absolute Gasteiger partial charge is 0.464 e. The summed E-state index contributed by atoms with van der Waals surface area (Å²) < 4.78 is 13.0. The molecule has 2 heterocycles. The lowest BCUT2D eigenvalue weighted by Gasteiger charge is -2.19. The van der Waals surface area contributed by atoms with Crippen LogP contribution in [0.5, 0.6) is 0 Å². The fourth-order valence-electron chi connectivity index (χ4n) is 3.14. The number of amides is 1. The molecule has 33 heavy (non-hydrogen) atoms. The number of allylic oxidation sites excluding steroid dienone is 1. The maximum Gasteiger partial charge on any atom is 0.332 e. The van der Waals surface area contributed by atoms with E-state index in [1.165, 1.54) is 0 Å². The highest BCUT2D eigenvalue weighted by molar-refractivity contribution is 6.76. The van der Waals surface area contributed by atoms with Gasteiger partial charge < -0.3 is 19.4 Å². The van der Waals surface area contributed by atoms with Crippen molar-refractivity contribution in [2.75, 3.05) is 13.2 Å². The fourth-order valence-corrected chi connectivity index (χ4v) is 3.89. The van der Waals surface area contributed by atoms with E-state index in [1.54, 1.807) is 25.3 Å². The molecule has 1 unspecified atom stereocenters. The third-order valence-corrected chi connectivity index (χ3v) is 6.69. The number of aryl methyl sites for hydroxylation is 1. The molecule has 1 atom stereocenters. The number of fused-ring (bicyclic) bond motifs is 1. The SMILES string of the molecule is CCOC(=O)C(/C=C/C(C)(C)C)NC(=O)c1cc2cnc(C)cc2n1COCC[Si](C)(C)C. The van der Waals surface area contributed by atoms with Crippen LogP contribution in [-0.2, 0) is 21.0 Å². The molecular weight excluding hydrogens is 434 g/mol. The molecular formula is C25H39N3O4Si. The van der Waals surface area contributed by atoms with Crippen LogP contribution in [0.1, 0.15) is 43.9 Å². The van der Waals surface area contributed by atoms with Crippen molar-refractivity contribution in [3.63, 3.8) is 0 Å². The monoisotopic (exact) mass is 473 g/mol. The summed E-state index contributed by atoms with van der Waals surface area (Å²) in [5.74, 6) is -0.854. The molecule has 1 N–H and O–H groups in total. The number of aromatic nitrogens is 2. The summed E-state index contributed by atoms with van der Waals surface area (Å²) in [5.41, 5.74) is 2.01. The van der Waals surface area contributed by atoms with Crippen molar-refractivity contribution in [2.24, 2.45) is 5.41 Å². The van der Waals surface area contributed by atoms with Crippen molar-refractivity contribution in [2.45, 2.75) is 73.1 Å². The second-order valence-corrected chi connectivity index (χ2v) is 16.2. The zero-order valence-corrected chi connectivity index (χ0v) is 22.3. The zero-order chi connectivity index (χ0) is 24.8. The molecule has 8 heteroatoms. The number of esters is 1. The van der Waals surface area contributed by atoms with Gasteiger partial charge in [0, 0.05) is 32.0 Å². The van der Waals surface area contributed by atoms with E-state index in [0.29, 0.717) is 12.3 Å². The van der Waals surface area contributed by atoms with E-state index in [2.05, 4.69) is 29.9 Å². The second kappa shape index (κ2) is 11.1. The predicted octanol–water partition coefficient (Wildman–Crippen LogP) is 4.92. The van der Waals surface area contributed by atoms with Crippen LogP contribution in [0.3, 0.4) is 0 Å². The van der Waals surface area contributed by atoms with Crippen LogP contribution in [0.15, 0.2) is 30.5 Å². The molecule has 0 aliphatic heterocycles. The van der Waals surface area contributed by atoms with Gasteiger partial charge in [0.05, 0.1) is 12.1 Å².